The minimum absolute atomic E-state index is 0.0939. The number of alkyl halides is 3. The summed E-state index contributed by atoms with van der Waals surface area (Å²) in [6, 6.07) is 3.24. The Labute approximate surface area is 127 Å². The van der Waals surface area contributed by atoms with E-state index in [-0.39, 0.29) is 23.0 Å². The molecule has 0 aliphatic rings. The number of halogens is 4. The van der Waals surface area contributed by atoms with Crippen molar-refractivity contribution in [3.05, 3.63) is 33.8 Å². The molecule has 0 unspecified atom stereocenters. The first-order valence-corrected chi connectivity index (χ1v) is 6.76. The number of nitrogens with one attached hydrogen (secondary N) is 1. The Morgan fingerprint density at radius 2 is 2.00 bits per heavy atom. The van der Waals surface area contributed by atoms with Gasteiger partial charge < -0.3 is 10.1 Å². The van der Waals surface area contributed by atoms with E-state index in [2.05, 4.69) is 26.0 Å². The normalized spacial score (nSPS) is 11.1. The second-order valence-corrected chi connectivity index (χ2v) is 4.98. The molecule has 0 spiro atoms. The fraction of sp³-hybridized carbons (Fsp3) is 0.385. The molecule has 21 heavy (non-hydrogen) atoms. The molecule has 0 aliphatic carbocycles. The zero-order chi connectivity index (χ0) is 16.0. The highest BCUT2D eigenvalue weighted by atomic mass is 79.9. The van der Waals surface area contributed by atoms with Crippen LogP contribution in [0.15, 0.2) is 22.7 Å². The van der Waals surface area contributed by atoms with E-state index in [4.69, 9.17) is 0 Å². The van der Waals surface area contributed by atoms with E-state index >= 15 is 0 Å². The van der Waals surface area contributed by atoms with Crippen LogP contribution >= 0.6 is 15.9 Å². The topological polar surface area (TPSA) is 55.4 Å². The number of amides is 1. The molecular weight excluding hydrogens is 355 g/mol. The number of carbonyl (C=O) groups excluding carboxylic acids is 2. The van der Waals surface area contributed by atoms with Gasteiger partial charge in [-0.3, -0.25) is 9.59 Å². The lowest BCUT2D eigenvalue weighted by Crippen LogP contribution is -2.25. The average Bonchev–Trinajstić information content (AvgIpc) is 2.42. The number of hydrogen-bond acceptors (Lipinski definition) is 3. The van der Waals surface area contributed by atoms with Crippen molar-refractivity contribution in [2.24, 2.45) is 0 Å². The first-order valence-electron chi connectivity index (χ1n) is 5.97. The number of esters is 1. The van der Waals surface area contributed by atoms with Crippen molar-refractivity contribution in [3.63, 3.8) is 0 Å². The van der Waals surface area contributed by atoms with Crippen molar-refractivity contribution >= 4 is 27.8 Å². The summed E-state index contributed by atoms with van der Waals surface area (Å²) < 4.78 is 42.4. The van der Waals surface area contributed by atoms with E-state index in [0.29, 0.717) is 6.42 Å². The SMILES string of the molecule is COC(=O)CCCNC(=O)c1ccc(Br)c(C(F)(F)F)c1. The van der Waals surface area contributed by atoms with Gasteiger partial charge in [-0.25, -0.2) is 0 Å². The maximum atomic E-state index is 12.7. The van der Waals surface area contributed by atoms with Crippen molar-refractivity contribution in [2.75, 3.05) is 13.7 Å². The highest BCUT2D eigenvalue weighted by Gasteiger charge is 2.33. The zero-order valence-corrected chi connectivity index (χ0v) is 12.7. The van der Waals surface area contributed by atoms with Gasteiger partial charge in [0, 0.05) is 23.0 Å². The molecule has 116 valence electrons. The van der Waals surface area contributed by atoms with Crippen LogP contribution in [0, 0.1) is 0 Å². The third kappa shape index (κ3) is 5.37. The Hall–Kier alpha value is -1.57. The van der Waals surface area contributed by atoms with Gasteiger partial charge in [0.25, 0.3) is 5.91 Å². The van der Waals surface area contributed by atoms with Crippen LogP contribution in [-0.2, 0) is 15.7 Å². The molecule has 1 aromatic rings. The van der Waals surface area contributed by atoms with Gasteiger partial charge in [0.1, 0.15) is 0 Å². The van der Waals surface area contributed by atoms with E-state index in [1.54, 1.807) is 0 Å². The summed E-state index contributed by atoms with van der Waals surface area (Å²) in [5.74, 6) is -1.04. The molecule has 0 saturated heterocycles. The van der Waals surface area contributed by atoms with Crippen LogP contribution in [0.25, 0.3) is 0 Å². The van der Waals surface area contributed by atoms with Crippen LogP contribution in [0.4, 0.5) is 13.2 Å². The van der Waals surface area contributed by atoms with Crippen LogP contribution in [0.3, 0.4) is 0 Å². The molecule has 4 nitrogen and oxygen atoms in total. The van der Waals surface area contributed by atoms with E-state index < -0.39 is 23.6 Å². The Bertz CT molecular complexity index is 532. The van der Waals surface area contributed by atoms with Crippen molar-refractivity contribution in [2.45, 2.75) is 19.0 Å². The average molecular weight is 368 g/mol. The molecule has 0 fully saturated rings. The molecular formula is C13H13BrF3NO3. The number of carbonyl (C=O) groups is 2. The molecule has 1 amide bonds. The van der Waals surface area contributed by atoms with Crippen molar-refractivity contribution in [1.29, 1.82) is 0 Å². The molecule has 1 rings (SSSR count). The first kappa shape index (κ1) is 17.5. The van der Waals surface area contributed by atoms with E-state index in [1.807, 2.05) is 0 Å². The highest BCUT2D eigenvalue weighted by molar-refractivity contribution is 9.10. The number of ether oxygens (including phenoxy) is 1. The molecule has 8 heteroatoms. The monoisotopic (exact) mass is 367 g/mol. The summed E-state index contributed by atoms with van der Waals surface area (Å²) in [6.45, 7) is 0.172. The van der Waals surface area contributed by atoms with Gasteiger partial charge in [0.15, 0.2) is 0 Å². The Morgan fingerprint density at radius 1 is 1.33 bits per heavy atom. The summed E-state index contributed by atoms with van der Waals surface area (Å²) >= 11 is 2.80. The minimum Gasteiger partial charge on any atom is -0.469 e. The summed E-state index contributed by atoms with van der Waals surface area (Å²) in [4.78, 5) is 22.6. The van der Waals surface area contributed by atoms with Gasteiger partial charge in [-0.05, 0) is 24.6 Å². The Balaban J connectivity index is 2.65. The molecule has 0 aliphatic heterocycles. The van der Waals surface area contributed by atoms with E-state index in [1.165, 1.54) is 19.2 Å². The number of methoxy groups -OCH3 is 1. The van der Waals surface area contributed by atoms with Gasteiger partial charge in [-0.2, -0.15) is 13.2 Å². The smallest absolute Gasteiger partial charge is 0.417 e. The number of benzene rings is 1. The van der Waals surface area contributed by atoms with E-state index in [9.17, 15) is 22.8 Å². The number of hydrogen-bond donors (Lipinski definition) is 1. The Morgan fingerprint density at radius 3 is 2.57 bits per heavy atom. The van der Waals surface area contributed by atoms with Crippen LogP contribution in [0.5, 0.6) is 0 Å². The summed E-state index contributed by atoms with van der Waals surface area (Å²) in [5.41, 5.74) is -1.01. The fourth-order valence-electron chi connectivity index (χ4n) is 1.52. The molecule has 0 aromatic heterocycles. The number of rotatable bonds is 5. The van der Waals surface area contributed by atoms with Gasteiger partial charge in [-0.15, -0.1) is 0 Å². The predicted octanol–water partition coefficient (Wildman–Crippen LogP) is 3.15. The second-order valence-electron chi connectivity index (χ2n) is 4.13. The third-order valence-electron chi connectivity index (χ3n) is 2.60. The summed E-state index contributed by atoms with van der Waals surface area (Å²) in [6.07, 6.45) is -4.06. The fourth-order valence-corrected chi connectivity index (χ4v) is 1.99. The maximum absolute atomic E-state index is 12.7. The first-order chi connectivity index (χ1) is 9.75. The zero-order valence-electron chi connectivity index (χ0n) is 11.1. The van der Waals surface area contributed by atoms with Gasteiger partial charge in [0.2, 0.25) is 0 Å². The highest BCUT2D eigenvalue weighted by Crippen LogP contribution is 2.35. The molecule has 0 saturated carbocycles. The van der Waals surface area contributed by atoms with Crippen molar-refractivity contribution < 1.29 is 27.5 Å². The standard InChI is InChI=1S/C13H13BrF3NO3/c1-21-11(19)3-2-6-18-12(20)8-4-5-10(14)9(7-8)13(15,16)17/h4-5,7H,2-3,6H2,1H3,(H,18,20). The van der Waals surface area contributed by atoms with E-state index in [0.717, 1.165) is 6.07 Å². The van der Waals surface area contributed by atoms with Crippen LogP contribution < -0.4 is 5.32 Å². The van der Waals surface area contributed by atoms with Crippen molar-refractivity contribution in [3.8, 4) is 0 Å². The molecule has 1 N–H and O–H groups in total. The van der Waals surface area contributed by atoms with Gasteiger partial charge >= 0.3 is 12.1 Å². The lowest BCUT2D eigenvalue weighted by molar-refractivity contribution is -0.140. The summed E-state index contributed by atoms with van der Waals surface area (Å²) in [5, 5.41) is 2.45. The second kappa shape index (κ2) is 7.44. The van der Waals surface area contributed by atoms with Gasteiger partial charge in [0.05, 0.1) is 12.7 Å². The summed E-state index contributed by atoms with van der Waals surface area (Å²) in [7, 11) is 1.25. The maximum Gasteiger partial charge on any atom is 0.417 e. The van der Waals surface area contributed by atoms with Gasteiger partial charge in [-0.1, -0.05) is 15.9 Å². The minimum atomic E-state index is -4.54. The molecule has 0 atom stereocenters. The third-order valence-corrected chi connectivity index (χ3v) is 3.30. The predicted molar refractivity (Wildman–Crippen MR) is 72.7 cm³/mol. The van der Waals surface area contributed by atoms with Crippen LogP contribution in [0.1, 0.15) is 28.8 Å². The van der Waals surface area contributed by atoms with Crippen LogP contribution in [-0.4, -0.2) is 25.5 Å². The van der Waals surface area contributed by atoms with Crippen molar-refractivity contribution in [1.82, 2.24) is 5.32 Å². The van der Waals surface area contributed by atoms with Crippen LogP contribution in [0.2, 0.25) is 0 Å². The molecule has 1 aromatic carbocycles. The largest absolute Gasteiger partial charge is 0.469 e. The Kier molecular flexibility index (Phi) is 6.19. The lowest BCUT2D eigenvalue weighted by Gasteiger charge is -2.11. The molecule has 0 radical (unpaired) electrons. The molecule has 0 heterocycles. The lowest BCUT2D eigenvalue weighted by atomic mass is 10.1. The molecule has 0 bridgehead atoms. The quantitative estimate of drug-likeness (QED) is 0.642.